The first kappa shape index (κ1) is 9.18. The summed E-state index contributed by atoms with van der Waals surface area (Å²) in [7, 11) is 1.38. The highest BCUT2D eigenvalue weighted by atomic mass is 16.5. The van der Waals surface area contributed by atoms with Crippen molar-refractivity contribution < 1.29 is 9.53 Å². The maximum absolute atomic E-state index is 11.1. The number of nitrogens with zero attached hydrogens (tertiary/aromatic N) is 3. The number of aromatic nitrogens is 3. The number of hydrogen-bond donors (Lipinski definition) is 0. The van der Waals surface area contributed by atoms with Gasteiger partial charge in [-0.2, -0.15) is 0 Å². The van der Waals surface area contributed by atoms with Crippen LogP contribution in [0, 0.1) is 0 Å². The fourth-order valence-corrected chi connectivity index (χ4v) is 1.74. The molecule has 1 aromatic rings. The predicted molar refractivity (Wildman–Crippen MR) is 48.7 cm³/mol. The molecule has 1 aromatic heterocycles. The number of hydrogen-bond acceptors (Lipinski definition) is 4. The Bertz CT molecular complexity index is 346. The Balaban J connectivity index is 2.18. The quantitative estimate of drug-likeness (QED) is 0.638. The summed E-state index contributed by atoms with van der Waals surface area (Å²) in [5, 5.41) is 8.00. The van der Waals surface area contributed by atoms with Crippen LogP contribution in [0.4, 0.5) is 0 Å². The fourth-order valence-electron chi connectivity index (χ4n) is 1.74. The van der Waals surface area contributed by atoms with Crippen LogP contribution < -0.4 is 0 Å². The standard InChI is InChI=1S/C9H13N3O2/c1-14-9(13)6-12-8-5-3-2-4-7(8)10-11-12/h2-6H2,1H3. The molecule has 1 aliphatic carbocycles. The largest absolute Gasteiger partial charge is 0.468 e. The Labute approximate surface area is 82.1 Å². The van der Waals surface area contributed by atoms with E-state index in [2.05, 4.69) is 15.0 Å². The zero-order valence-corrected chi connectivity index (χ0v) is 8.19. The first-order chi connectivity index (χ1) is 6.81. The number of carbonyl (C=O) groups excluding carboxylic acids is 1. The molecule has 5 nitrogen and oxygen atoms in total. The number of fused-ring (bicyclic) bond motifs is 1. The third kappa shape index (κ3) is 1.62. The highest BCUT2D eigenvalue weighted by Gasteiger charge is 2.17. The van der Waals surface area contributed by atoms with Gasteiger partial charge in [-0.25, -0.2) is 4.68 Å². The van der Waals surface area contributed by atoms with Gasteiger partial charge in [0.2, 0.25) is 0 Å². The van der Waals surface area contributed by atoms with Gasteiger partial charge in [0, 0.05) is 0 Å². The van der Waals surface area contributed by atoms with Gasteiger partial charge in [-0.15, -0.1) is 5.10 Å². The molecule has 0 radical (unpaired) electrons. The summed E-state index contributed by atoms with van der Waals surface area (Å²) in [6.45, 7) is 0.179. The van der Waals surface area contributed by atoms with E-state index in [-0.39, 0.29) is 12.5 Å². The maximum atomic E-state index is 11.1. The van der Waals surface area contributed by atoms with Gasteiger partial charge < -0.3 is 4.74 Å². The van der Waals surface area contributed by atoms with Crippen molar-refractivity contribution in [3.05, 3.63) is 11.4 Å². The molecule has 14 heavy (non-hydrogen) atoms. The van der Waals surface area contributed by atoms with Gasteiger partial charge in [0.25, 0.3) is 0 Å². The molecule has 0 fully saturated rings. The molecule has 0 bridgehead atoms. The predicted octanol–water partition coefficient (Wildman–Crippen LogP) is 0.330. The molecule has 0 unspecified atom stereocenters. The molecule has 0 aromatic carbocycles. The van der Waals surface area contributed by atoms with Gasteiger partial charge in [0.15, 0.2) is 0 Å². The Kier molecular flexibility index (Phi) is 2.47. The molecule has 1 aliphatic rings. The number of methoxy groups -OCH3 is 1. The van der Waals surface area contributed by atoms with Gasteiger partial charge >= 0.3 is 5.97 Å². The van der Waals surface area contributed by atoms with Crippen molar-refractivity contribution >= 4 is 5.97 Å². The maximum Gasteiger partial charge on any atom is 0.327 e. The molecule has 76 valence electrons. The average molecular weight is 195 g/mol. The van der Waals surface area contributed by atoms with Crippen molar-refractivity contribution in [1.29, 1.82) is 0 Å². The van der Waals surface area contributed by atoms with Crippen molar-refractivity contribution in [2.45, 2.75) is 32.2 Å². The lowest BCUT2D eigenvalue weighted by Crippen LogP contribution is -2.16. The normalized spacial score (nSPS) is 14.9. The van der Waals surface area contributed by atoms with Gasteiger partial charge in [-0.05, 0) is 25.7 Å². The summed E-state index contributed by atoms with van der Waals surface area (Å²) in [5.74, 6) is -0.275. The molecule has 0 spiro atoms. The molecule has 0 saturated heterocycles. The molecule has 0 atom stereocenters. The van der Waals surface area contributed by atoms with Crippen LogP contribution in [0.25, 0.3) is 0 Å². The van der Waals surface area contributed by atoms with Crippen molar-refractivity contribution in [3.8, 4) is 0 Å². The number of esters is 1. The second-order valence-corrected chi connectivity index (χ2v) is 3.42. The van der Waals surface area contributed by atoms with Crippen LogP contribution in [0.2, 0.25) is 0 Å². The van der Waals surface area contributed by atoms with Gasteiger partial charge in [-0.3, -0.25) is 4.79 Å². The molecule has 0 N–H and O–H groups in total. The summed E-state index contributed by atoms with van der Waals surface area (Å²) in [5.41, 5.74) is 2.14. The van der Waals surface area contributed by atoms with E-state index in [4.69, 9.17) is 0 Å². The first-order valence-corrected chi connectivity index (χ1v) is 4.79. The van der Waals surface area contributed by atoms with Gasteiger partial charge in [0.05, 0.1) is 18.5 Å². The van der Waals surface area contributed by atoms with Crippen LogP contribution in [0.3, 0.4) is 0 Å². The summed E-state index contributed by atoms with van der Waals surface area (Å²) in [6, 6.07) is 0. The molecule has 5 heteroatoms. The van der Waals surface area contributed by atoms with Crippen LogP contribution >= 0.6 is 0 Å². The van der Waals surface area contributed by atoms with Crippen LogP contribution in [-0.2, 0) is 28.9 Å². The van der Waals surface area contributed by atoms with E-state index in [0.29, 0.717) is 0 Å². The highest BCUT2D eigenvalue weighted by Crippen LogP contribution is 2.18. The topological polar surface area (TPSA) is 57.0 Å². The second kappa shape index (κ2) is 3.77. The zero-order valence-electron chi connectivity index (χ0n) is 8.19. The van der Waals surface area contributed by atoms with Crippen molar-refractivity contribution in [1.82, 2.24) is 15.0 Å². The zero-order chi connectivity index (χ0) is 9.97. The first-order valence-electron chi connectivity index (χ1n) is 4.79. The Morgan fingerprint density at radius 1 is 1.50 bits per heavy atom. The lowest BCUT2D eigenvalue weighted by atomic mass is 10.0. The Hall–Kier alpha value is -1.39. The third-order valence-electron chi connectivity index (χ3n) is 2.50. The molecule has 0 saturated carbocycles. The van der Waals surface area contributed by atoms with E-state index in [1.807, 2.05) is 0 Å². The minimum absolute atomic E-state index is 0.179. The molecule has 1 heterocycles. The average Bonchev–Trinajstić information content (AvgIpc) is 2.62. The molecule has 0 aliphatic heterocycles. The summed E-state index contributed by atoms with van der Waals surface area (Å²) in [6.07, 6.45) is 4.28. The molecular formula is C9H13N3O2. The van der Waals surface area contributed by atoms with E-state index in [1.165, 1.54) is 13.5 Å². The fraction of sp³-hybridized carbons (Fsp3) is 0.667. The third-order valence-corrected chi connectivity index (χ3v) is 2.50. The molecule has 2 rings (SSSR count). The van der Waals surface area contributed by atoms with Gasteiger partial charge in [0.1, 0.15) is 6.54 Å². The smallest absolute Gasteiger partial charge is 0.327 e. The van der Waals surface area contributed by atoms with Crippen molar-refractivity contribution in [3.63, 3.8) is 0 Å². The summed E-state index contributed by atoms with van der Waals surface area (Å²) in [4.78, 5) is 11.1. The number of rotatable bonds is 2. The van der Waals surface area contributed by atoms with Crippen LogP contribution in [-0.4, -0.2) is 28.1 Å². The highest BCUT2D eigenvalue weighted by molar-refractivity contribution is 5.68. The molecule has 0 amide bonds. The van der Waals surface area contributed by atoms with Crippen LogP contribution in [0.1, 0.15) is 24.2 Å². The van der Waals surface area contributed by atoms with E-state index in [1.54, 1.807) is 4.68 Å². The summed E-state index contributed by atoms with van der Waals surface area (Å²) >= 11 is 0. The number of ether oxygens (including phenoxy) is 1. The Morgan fingerprint density at radius 2 is 2.29 bits per heavy atom. The van der Waals surface area contributed by atoms with E-state index in [9.17, 15) is 4.79 Å². The molecular weight excluding hydrogens is 182 g/mol. The Morgan fingerprint density at radius 3 is 3.07 bits per heavy atom. The van der Waals surface area contributed by atoms with Crippen molar-refractivity contribution in [2.75, 3.05) is 7.11 Å². The monoisotopic (exact) mass is 195 g/mol. The van der Waals surface area contributed by atoms with E-state index in [0.717, 1.165) is 30.7 Å². The minimum atomic E-state index is -0.275. The SMILES string of the molecule is COC(=O)Cn1nnc2c1CCCC2. The lowest BCUT2D eigenvalue weighted by Gasteiger charge is -2.10. The van der Waals surface area contributed by atoms with Gasteiger partial charge in [-0.1, -0.05) is 5.21 Å². The van der Waals surface area contributed by atoms with E-state index < -0.39 is 0 Å². The van der Waals surface area contributed by atoms with Crippen LogP contribution in [0.15, 0.2) is 0 Å². The minimum Gasteiger partial charge on any atom is -0.468 e. The lowest BCUT2D eigenvalue weighted by molar-refractivity contribution is -0.141. The van der Waals surface area contributed by atoms with E-state index >= 15 is 0 Å². The van der Waals surface area contributed by atoms with Crippen LogP contribution in [0.5, 0.6) is 0 Å². The number of carbonyl (C=O) groups is 1. The second-order valence-electron chi connectivity index (χ2n) is 3.42. The summed E-state index contributed by atoms with van der Waals surface area (Å²) < 4.78 is 6.24. The number of aryl methyl sites for hydroxylation is 1. The van der Waals surface area contributed by atoms with Crippen molar-refractivity contribution in [2.24, 2.45) is 0 Å².